The van der Waals surface area contributed by atoms with Crippen LogP contribution < -0.4 is 10.5 Å². The summed E-state index contributed by atoms with van der Waals surface area (Å²) in [5.41, 5.74) is 2.97. The number of aliphatic hydroxyl groups excluding tert-OH is 1. The Kier molecular flexibility index (Phi) is 6.32. The first-order valence-corrected chi connectivity index (χ1v) is 12.2. The number of rotatable bonds is 4. The number of Topliss-reactive ketones (excluding diaryl/α,β-unsaturated/α-hetero) is 1. The molecule has 0 amide bonds. The summed E-state index contributed by atoms with van der Waals surface area (Å²) in [6.45, 7) is 2.79. The molecule has 0 saturated carbocycles. The number of phenolic OH excluding ortho intramolecular Hbond substituents is 2. The molecule has 1 fully saturated rings. The number of carbonyl (C=O) groups is 3. The minimum Gasteiger partial charge on any atom is -0.507 e. The monoisotopic (exact) mass is 527 g/mol. The third-order valence-corrected chi connectivity index (χ3v) is 7.80. The maximum absolute atomic E-state index is 13.6. The molecule has 2 aromatic carbocycles. The highest BCUT2D eigenvalue weighted by atomic mass is 16.7. The molecule has 11 heteroatoms. The lowest BCUT2D eigenvalue weighted by molar-refractivity contribution is -0.247. The predicted octanol–water partition coefficient (Wildman–Crippen LogP) is 1.03. The lowest BCUT2D eigenvalue weighted by atomic mass is 9.72. The zero-order chi connectivity index (χ0) is 27.7. The molecule has 0 radical (unpaired) electrons. The van der Waals surface area contributed by atoms with Gasteiger partial charge in [0.1, 0.15) is 22.8 Å². The lowest BCUT2D eigenvalue weighted by Gasteiger charge is -2.42. The fourth-order valence-corrected chi connectivity index (χ4v) is 5.66. The van der Waals surface area contributed by atoms with Gasteiger partial charge in [-0.15, -0.1) is 0 Å². The van der Waals surface area contributed by atoms with Gasteiger partial charge >= 0.3 is 0 Å². The molecular formula is C27H29NO10. The van der Waals surface area contributed by atoms with Gasteiger partial charge in [-0.2, -0.15) is 0 Å². The zero-order valence-electron chi connectivity index (χ0n) is 21.1. The van der Waals surface area contributed by atoms with E-state index in [0.717, 1.165) is 0 Å². The van der Waals surface area contributed by atoms with Crippen molar-refractivity contribution < 1.29 is 49.0 Å². The van der Waals surface area contributed by atoms with Crippen molar-refractivity contribution in [1.29, 1.82) is 0 Å². The lowest BCUT2D eigenvalue weighted by Crippen LogP contribution is -2.52. The van der Waals surface area contributed by atoms with Crippen molar-refractivity contribution in [3.63, 3.8) is 0 Å². The molecule has 11 nitrogen and oxygen atoms in total. The molecule has 1 unspecified atom stereocenters. The van der Waals surface area contributed by atoms with Crippen molar-refractivity contribution >= 4 is 17.3 Å². The number of aliphatic hydroxyl groups is 2. The smallest absolute Gasteiger partial charge is 0.202 e. The standard InChI is InChI=1S/C27H29NO10/c1-10-22(30)14(28)7-17(37-10)38-16-9-27(35,11(2)29)8-13-19(16)26(34)21-20(24(13)32)23(31)12-5-4-6-15(36-3)18(12)25(21)33/h4-6,10,14,16-17,22,30,32,34-35H,7-9,28H2,1-3H3/t10-,14-,16?,17+,22+,27-/m0/s1. The minimum atomic E-state index is -2.00. The van der Waals surface area contributed by atoms with E-state index in [-0.39, 0.29) is 40.8 Å². The van der Waals surface area contributed by atoms with Gasteiger partial charge in [0, 0.05) is 42.0 Å². The Bertz CT molecular complexity index is 1360. The molecule has 6 atom stereocenters. The van der Waals surface area contributed by atoms with Crippen molar-refractivity contribution in [3.8, 4) is 17.2 Å². The maximum atomic E-state index is 13.6. The molecule has 1 heterocycles. The molecular weight excluding hydrogens is 498 g/mol. The molecule has 3 aliphatic rings. The quantitative estimate of drug-likeness (QED) is 0.305. The molecule has 2 aliphatic carbocycles. The van der Waals surface area contributed by atoms with Gasteiger partial charge in [-0.05, 0) is 19.9 Å². The molecule has 1 aliphatic heterocycles. The van der Waals surface area contributed by atoms with Crippen molar-refractivity contribution in [3.05, 3.63) is 51.6 Å². The van der Waals surface area contributed by atoms with Crippen LogP contribution in [0.25, 0.3) is 0 Å². The van der Waals surface area contributed by atoms with Crippen LogP contribution in [0.3, 0.4) is 0 Å². The van der Waals surface area contributed by atoms with Crippen LogP contribution >= 0.6 is 0 Å². The third-order valence-electron chi connectivity index (χ3n) is 7.80. The van der Waals surface area contributed by atoms with Crippen LogP contribution in [0.1, 0.15) is 75.8 Å². The van der Waals surface area contributed by atoms with Crippen LogP contribution in [-0.2, 0) is 20.7 Å². The van der Waals surface area contributed by atoms with Crippen LogP contribution in [0, 0.1) is 0 Å². The second-order valence-corrected chi connectivity index (χ2v) is 10.1. The number of aromatic hydroxyl groups is 2. The van der Waals surface area contributed by atoms with Crippen molar-refractivity contribution in [1.82, 2.24) is 0 Å². The molecule has 0 aromatic heterocycles. The Morgan fingerprint density at radius 2 is 1.82 bits per heavy atom. The first-order chi connectivity index (χ1) is 17.9. The summed E-state index contributed by atoms with van der Waals surface area (Å²) < 4.78 is 17.1. The molecule has 202 valence electrons. The molecule has 6 N–H and O–H groups in total. The van der Waals surface area contributed by atoms with E-state index in [4.69, 9.17) is 19.9 Å². The molecule has 38 heavy (non-hydrogen) atoms. The average molecular weight is 528 g/mol. The Labute approximate surface area is 217 Å². The molecule has 0 bridgehead atoms. The van der Waals surface area contributed by atoms with Crippen molar-refractivity contribution in [2.24, 2.45) is 5.73 Å². The molecule has 1 saturated heterocycles. The summed E-state index contributed by atoms with van der Waals surface area (Å²) in [5, 5.41) is 44.1. The SMILES string of the molecule is COc1cccc2c1C(=O)c1c(O)c3c(c(O)c1C2=O)C[C@@](O)(C(C)=O)CC3O[C@@H]1C[C@H](N)[C@H](O)[C@H](C)O1. The van der Waals surface area contributed by atoms with Crippen molar-refractivity contribution in [2.45, 2.75) is 69.4 Å². The number of phenols is 2. The number of nitrogens with two attached hydrogens (primary N) is 1. The van der Waals surface area contributed by atoms with E-state index >= 15 is 0 Å². The van der Waals surface area contributed by atoms with E-state index in [1.807, 2.05) is 0 Å². The summed E-state index contributed by atoms with van der Waals surface area (Å²) in [4.78, 5) is 39.6. The summed E-state index contributed by atoms with van der Waals surface area (Å²) in [6, 6.07) is 3.75. The number of hydrogen-bond donors (Lipinski definition) is 5. The van der Waals surface area contributed by atoms with Crippen LogP contribution in [-0.4, -0.2) is 75.0 Å². The highest BCUT2D eigenvalue weighted by Crippen LogP contribution is 2.52. The Morgan fingerprint density at radius 3 is 2.45 bits per heavy atom. The van der Waals surface area contributed by atoms with E-state index < -0.39 is 82.6 Å². The maximum Gasteiger partial charge on any atom is 0.202 e. The van der Waals surface area contributed by atoms with Crippen LogP contribution in [0.5, 0.6) is 17.2 Å². The number of hydrogen-bond acceptors (Lipinski definition) is 11. The fraction of sp³-hybridized carbons (Fsp3) is 0.444. The van der Waals surface area contributed by atoms with Gasteiger partial charge in [-0.1, -0.05) is 12.1 Å². The van der Waals surface area contributed by atoms with Gasteiger partial charge in [-0.3, -0.25) is 14.4 Å². The van der Waals surface area contributed by atoms with Gasteiger partial charge in [-0.25, -0.2) is 0 Å². The predicted molar refractivity (Wildman–Crippen MR) is 130 cm³/mol. The van der Waals surface area contributed by atoms with Crippen LogP contribution in [0.4, 0.5) is 0 Å². The molecule has 5 rings (SSSR count). The number of ether oxygens (including phenoxy) is 3. The Morgan fingerprint density at radius 1 is 1.13 bits per heavy atom. The van der Waals surface area contributed by atoms with Crippen LogP contribution in [0.15, 0.2) is 18.2 Å². The normalized spacial score (nSPS) is 30.3. The third kappa shape index (κ3) is 3.81. The van der Waals surface area contributed by atoms with Gasteiger partial charge < -0.3 is 40.4 Å². The minimum absolute atomic E-state index is 0.0147. The van der Waals surface area contributed by atoms with Gasteiger partial charge in [0.15, 0.2) is 17.9 Å². The number of ketones is 3. The zero-order valence-corrected chi connectivity index (χ0v) is 21.1. The molecule has 0 spiro atoms. The fourth-order valence-electron chi connectivity index (χ4n) is 5.66. The Hall–Kier alpha value is -3.35. The largest absolute Gasteiger partial charge is 0.507 e. The van der Waals surface area contributed by atoms with E-state index in [2.05, 4.69) is 0 Å². The number of carbonyl (C=O) groups excluding carboxylic acids is 3. The summed E-state index contributed by atoms with van der Waals surface area (Å²) in [5.74, 6) is -3.18. The number of methoxy groups -OCH3 is 1. The second-order valence-electron chi connectivity index (χ2n) is 10.1. The van der Waals surface area contributed by atoms with Crippen molar-refractivity contribution in [2.75, 3.05) is 7.11 Å². The van der Waals surface area contributed by atoms with E-state index in [9.17, 15) is 34.8 Å². The average Bonchev–Trinajstić information content (AvgIpc) is 2.87. The van der Waals surface area contributed by atoms with E-state index in [1.54, 1.807) is 6.92 Å². The number of fused-ring (bicyclic) bond motifs is 3. The topological polar surface area (TPSA) is 186 Å². The van der Waals surface area contributed by atoms with Crippen LogP contribution in [0.2, 0.25) is 0 Å². The second kappa shape index (κ2) is 9.14. The van der Waals surface area contributed by atoms with Gasteiger partial charge in [0.05, 0.1) is 42.1 Å². The first-order valence-electron chi connectivity index (χ1n) is 12.2. The number of benzene rings is 2. The van der Waals surface area contributed by atoms with Gasteiger partial charge in [0.2, 0.25) is 5.78 Å². The summed E-state index contributed by atoms with van der Waals surface area (Å²) >= 11 is 0. The Balaban J connectivity index is 1.68. The van der Waals surface area contributed by atoms with Gasteiger partial charge in [0.25, 0.3) is 0 Å². The summed E-state index contributed by atoms with van der Waals surface area (Å²) in [7, 11) is 1.34. The van der Waals surface area contributed by atoms with E-state index in [0.29, 0.717) is 0 Å². The first kappa shape index (κ1) is 26.3. The molecule has 2 aromatic rings. The summed E-state index contributed by atoms with van der Waals surface area (Å²) in [6.07, 6.45) is -4.53. The highest BCUT2D eigenvalue weighted by Gasteiger charge is 2.49. The van der Waals surface area contributed by atoms with E-state index in [1.165, 1.54) is 32.2 Å². The highest BCUT2D eigenvalue weighted by molar-refractivity contribution is 6.31.